The number of aliphatic imine (C=N–C) groups is 1. The Bertz CT molecular complexity index is 554. The predicted molar refractivity (Wildman–Crippen MR) is 127 cm³/mol. The largest absolute Gasteiger partial charge is 0.491 e. The molecule has 2 N–H and O–H groups in total. The summed E-state index contributed by atoms with van der Waals surface area (Å²) in [6.07, 6.45) is 0.951. The van der Waals surface area contributed by atoms with Gasteiger partial charge in [0.25, 0.3) is 0 Å². The number of guanidine groups is 1. The molecule has 0 amide bonds. The molecule has 6 nitrogen and oxygen atoms in total. The highest BCUT2D eigenvalue weighted by molar-refractivity contribution is 14.0. The molecule has 0 saturated heterocycles. The van der Waals surface area contributed by atoms with Gasteiger partial charge in [0.2, 0.25) is 0 Å². The number of benzene rings is 1. The Morgan fingerprint density at radius 2 is 1.93 bits per heavy atom. The maximum atomic E-state index is 5.84. The summed E-state index contributed by atoms with van der Waals surface area (Å²) in [6.45, 7) is 13.3. The van der Waals surface area contributed by atoms with Crippen LogP contribution in [0.15, 0.2) is 23.2 Å². The van der Waals surface area contributed by atoms with Crippen molar-refractivity contribution < 1.29 is 14.2 Å². The Morgan fingerprint density at radius 1 is 1.14 bits per heavy atom. The second kappa shape index (κ2) is 16.9. The van der Waals surface area contributed by atoms with Crippen LogP contribution in [-0.2, 0) is 16.0 Å². The van der Waals surface area contributed by atoms with Crippen LogP contribution in [0.3, 0.4) is 0 Å². The molecule has 0 fully saturated rings. The third-order valence-corrected chi connectivity index (χ3v) is 3.73. The van der Waals surface area contributed by atoms with Gasteiger partial charge in [0.15, 0.2) is 5.96 Å². The van der Waals surface area contributed by atoms with Crippen molar-refractivity contribution >= 4 is 29.9 Å². The first-order valence-corrected chi connectivity index (χ1v) is 9.88. The first-order valence-electron chi connectivity index (χ1n) is 9.88. The zero-order chi connectivity index (χ0) is 19.9. The van der Waals surface area contributed by atoms with E-state index in [4.69, 9.17) is 19.2 Å². The summed E-state index contributed by atoms with van der Waals surface area (Å²) < 4.78 is 16.5. The normalized spacial score (nSPS) is 11.3. The summed E-state index contributed by atoms with van der Waals surface area (Å²) in [5.74, 6) is 2.25. The molecule has 0 aromatic heterocycles. The van der Waals surface area contributed by atoms with E-state index < -0.39 is 0 Å². The van der Waals surface area contributed by atoms with Crippen molar-refractivity contribution in [3.8, 4) is 5.75 Å². The quantitative estimate of drug-likeness (QED) is 0.184. The fourth-order valence-corrected chi connectivity index (χ4v) is 2.37. The number of nitrogens with one attached hydrogen (secondary N) is 2. The maximum absolute atomic E-state index is 5.84. The topological polar surface area (TPSA) is 64.1 Å². The first-order chi connectivity index (χ1) is 13.1. The summed E-state index contributed by atoms with van der Waals surface area (Å²) in [4.78, 5) is 4.69. The predicted octanol–water partition coefficient (Wildman–Crippen LogP) is 3.76. The zero-order valence-corrected chi connectivity index (χ0v) is 20.4. The highest BCUT2D eigenvalue weighted by Crippen LogP contribution is 2.21. The van der Waals surface area contributed by atoms with Crippen LogP contribution in [0.4, 0.5) is 0 Å². The van der Waals surface area contributed by atoms with Gasteiger partial charge in [0.05, 0.1) is 13.2 Å². The van der Waals surface area contributed by atoms with Crippen LogP contribution in [0.5, 0.6) is 5.75 Å². The van der Waals surface area contributed by atoms with E-state index in [1.165, 1.54) is 5.56 Å². The minimum Gasteiger partial charge on any atom is -0.491 e. The molecule has 1 aromatic carbocycles. The number of methoxy groups -OCH3 is 1. The lowest BCUT2D eigenvalue weighted by molar-refractivity contribution is 0.108. The maximum Gasteiger partial charge on any atom is 0.191 e. The molecule has 0 aliphatic rings. The number of hydrogen-bond acceptors (Lipinski definition) is 4. The van der Waals surface area contributed by atoms with Crippen molar-refractivity contribution in [2.75, 3.05) is 46.6 Å². The molecular weight excluding hydrogens is 469 g/mol. The van der Waals surface area contributed by atoms with E-state index >= 15 is 0 Å². The number of aryl methyl sites for hydroxylation is 1. The zero-order valence-electron chi connectivity index (χ0n) is 18.0. The van der Waals surface area contributed by atoms with E-state index in [0.29, 0.717) is 25.7 Å². The van der Waals surface area contributed by atoms with Gasteiger partial charge in [-0.05, 0) is 37.8 Å². The van der Waals surface area contributed by atoms with E-state index in [1.807, 2.05) is 6.07 Å². The van der Waals surface area contributed by atoms with Crippen molar-refractivity contribution in [3.63, 3.8) is 0 Å². The molecule has 0 spiro atoms. The highest BCUT2D eigenvalue weighted by Gasteiger charge is 2.05. The second-order valence-electron chi connectivity index (χ2n) is 6.90. The van der Waals surface area contributed by atoms with E-state index in [-0.39, 0.29) is 24.0 Å². The average molecular weight is 507 g/mol. The minimum atomic E-state index is 0. The summed E-state index contributed by atoms with van der Waals surface area (Å²) in [5, 5.41) is 6.64. The second-order valence-corrected chi connectivity index (χ2v) is 6.90. The third kappa shape index (κ3) is 12.4. The lowest BCUT2D eigenvalue weighted by Gasteiger charge is -2.14. The Kier molecular flexibility index (Phi) is 16.2. The molecule has 0 heterocycles. The van der Waals surface area contributed by atoms with Gasteiger partial charge in [-0.25, -0.2) is 4.99 Å². The number of ether oxygens (including phenoxy) is 3. The van der Waals surface area contributed by atoms with E-state index in [2.05, 4.69) is 50.5 Å². The molecule has 7 heteroatoms. The molecule has 0 aliphatic heterocycles. The van der Waals surface area contributed by atoms with Crippen LogP contribution in [0.25, 0.3) is 0 Å². The van der Waals surface area contributed by atoms with Gasteiger partial charge < -0.3 is 24.8 Å². The van der Waals surface area contributed by atoms with Crippen LogP contribution < -0.4 is 15.4 Å². The number of nitrogens with zero attached hydrogens (tertiary/aromatic N) is 1. The molecule has 0 aliphatic carbocycles. The molecule has 0 radical (unpaired) electrons. The Hall–Kier alpha value is -1.06. The molecule has 1 rings (SSSR count). The van der Waals surface area contributed by atoms with Crippen molar-refractivity contribution in [1.29, 1.82) is 0 Å². The Morgan fingerprint density at radius 3 is 2.61 bits per heavy atom. The molecular formula is C21H38IN3O3. The lowest BCUT2D eigenvalue weighted by Crippen LogP contribution is -2.38. The molecule has 0 bridgehead atoms. The first kappa shape index (κ1) is 26.9. The fraction of sp³-hybridized carbons (Fsp3) is 0.667. The monoisotopic (exact) mass is 507 g/mol. The summed E-state index contributed by atoms with van der Waals surface area (Å²) in [5.41, 5.74) is 2.23. The average Bonchev–Trinajstić information content (AvgIpc) is 2.63. The van der Waals surface area contributed by atoms with Gasteiger partial charge in [-0.2, -0.15) is 0 Å². The van der Waals surface area contributed by atoms with Gasteiger partial charge >= 0.3 is 0 Å². The summed E-state index contributed by atoms with van der Waals surface area (Å²) >= 11 is 0. The highest BCUT2D eigenvalue weighted by atomic mass is 127. The lowest BCUT2D eigenvalue weighted by atomic mass is 10.1. The Balaban J connectivity index is 0.00000729. The molecule has 0 unspecified atom stereocenters. The van der Waals surface area contributed by atoms with E-state index in [0.717, 1.165) is 50.0 Å². The molecule has 0 atom stereocenters. The van der Waals surface area contributed by atoms with Gasteiger partial charge in [-0.1, -0.05) is 26.0 Å². The minimum absolute atomic E-state index is 0. The van der Waals surface area contributed by atoms with Gasteiger partial charge in [0, 0.05) is 39.0 Å². The standard InChI is InChI=1S/C21H37N3O3.HI/c1-6-22-21(23-10-7-11-26-16-17(2)3)24-15-19-9-8-18(4)14-20(19)27-13-12-25-5;/h8-9,14,17H,6-7,10-13,15-16H2,1-5H3,(H2,22,23,24);1H. The number of halogens is 1. The molecule has 162 valence electrons. The van der Waals surface area contributed by atoms with Crippen LogP contribution >= 0.6 is 24.0 Å². The summed E-state index contributed by atoms with van der Waals surface area (Å²) in [6, 6.07) is 6.21. The fourth-order valence-electron chi connectivity index (χ4n) is 2.37. The van der Waals surface area contributed by atoms with Crippen molar-refractivity contribution in [2.24, 2.45) is 10.9 Å². The smallest absolute Gasteiger partial charge is 0.191 e. The van der Waals surface area contributed by atoms with Gasteiger partial charge in [0.1, 0.15) is 12.4 Å². The van der Waals surface area contributed by atoms with Crippen LogP contribution in [0.2, 0.25) is 0 Å². The van der Waals surface area contributed by atoms with Crippen molar-refractivity contribution in [2.45, 2.75) is 40.7 Å². The molecule has 1 aromatic rings. The van der Waals surface area contributed by atoms with Gasteiger partial charge in [-0.15, -0.1) is 24.0 Å². The van der Waals surface area contributed by atoms with Crippen LogP contribution in [-0.4, -0.2) is 52.6 Å². The van der Waals surface area contributed by atoms with Crippen molar-refractivity contribution in [1.82, 2.24) is 10.6 Å². The third-order valence-electron chi connectivity index (χ3n) is 3.73. The molecule has 0 saturated carbocycles. The van der Waals surface area contributed by atoms with Crippen LogP contribution in [0.1, 0.15) is 38.3 Å². The number of hydrogen-bond donors (Lipinski definition) is 2. The number of rotatable bonds is 13. The van der Waals surface area contributed by atoms with Crippen molar-refractivity contribution in [3.05, 3.63) is 29.3 Å². The van der Waals surface area contributed by atoms with Crippen LogP contribution in [0, 0.1) is 12.8 Å². The van der Waals surface area contributed by atoms with Gasteiger partial charge in [-0.3, -0.25) is 0 Å². The van der Waals surface area contributed by atoms with E-state index in [1.54, 1.807) is 7.11 Å². The van der Waals surface area contributed by atoms with E-state index in [9.17, 15) is 0 Å². The SMILES string of the molecule is CCNC(=NCc1ccc(C)cc1OCCOC)NCCCOCC(C)C.I. The Labute approximate surface area is 187 Å². The summed E-state index contributed by atoms with van der Waals surface area (Å²) in [7, 11) is 1.67. The molecule has 28 heavy (non-hydrogen) atoms.